The van der Waals surface area contributed by atoms with Crippen LogP contribution in [0, 0.1) is 0 Å². The number of carbonyl (C=O) groups excluding carboxylic acids is 1. The fourth-order valence-electron chi connectivity index (χ4n) is 1.65. The van der Waals surface area contributed by atoms with Gasteiger partial charge in [0.1, 0.15) is 11.9 Å². The molecule has 14 heavy (non-hydrogen) atoms. The molecule has 76 valence electrons. The number of amides is 1. The molecule has 0 aliphatic carbocycles. The van der Waals surface area contributed by atoms with Crippen molar-refractivity contribution in [3.8, 4) is 0 Å². The van der Waals surface area contributed by atoms with Gasteiger partial charge in [0.25, 0.3) is 0 Å². The summed E-state index contributed by atoms with van der Waals surface area (Å²) in [7, 11) is 0. The molecule has 2 atom stereocenters. The molecule has 6 heteroatoms. The van der Waals surface area contributed by atoms with Gasteiger partial charge in [0.15, 0.2) is 0 Å². The molecule has 1 aliphatic heterocycles. The summed E-state index contributed by atoms with van der Waals surface area (Å²) < 4.78 is 3.80. The van der Waals surface area contributed by atoms with Crippen LogP contribution < -0.4 is 5.32 Å². The van der Waals surface area contributed by atoms with E-state index in [-0.39, 0.29) is 18.1 Å². The van der Waals surface area contributed by atoms with E-state index >= 15 is 0 Å². The van der Waals surface area contributed by atoms with E-state index in [1.54, 1.807) is 4.90 Å². The van der Waals surface area contributed by atoms with E-state index < -0.39 is 0 Å². The van der Waals surface area contributed by atoms with Crippen molar-refractivity contribution in [1.29, 1.82) is 0 Å². The van der Waals surface area contributed by atoms with Crippen molar-refractivity contribution >= 4 is 17.4 Å². The van der Waals surface area contributed by atoms with Crippen molar-refractivity contribution in [2.24, 2.45) is 0 Å². The van der Waals surface area contributed by atoms with E-state index in [2.05, 4.69) is 14.9 Å². The second-order valence-corrected chi connectivity index (χ2v) is 3.85. The quantitative estimate of drug-likeness (QED) is 0.770. The number of rotatable bonds is 2. The molecular formula is C8H12N4OS. The molecule has 1 aromatic rings. The third-order valence-corrected chi connectivity index (χ3v) is 2.89. The number of nitrogens with zero attached hydrogens (tertiary/aromatic N) is 3. The van der Waals surface area contributed by atoms with Crippen LogP contribution in [-0.2, 0) is 4.79 Å². The number of carbonyl (C=O) groups is 1. The summed E-state index contributed by atoms with van der Waals surface area (Å²) in [5, 5.41) is 9.03. The Hall–Kier alpha value is -1.01. The van der Waals surface area contributed by atoms with E-state index in [0.29, 0.717) is 6.54 Å². The number of hydrogen-bond donors (Lipinski definition) is 1. The number of hydrogen-bond acceptors (Lipinski definition) is 5. The Kier molecular flexibility index (Phi) is 2.47. The lowest BCUT2D eigenvalue weighted by Crippen LogP contribution is -2.30. The molecule has 2 heterocycles. The summed E-state index contributed by atoms with van der Waals surface area (Å²) in [5.41, 5.74) is 0.828. The summed E-state index contributed by atoms with van der Waals surface area (Å²) in [6.07, 6.45) is -0.0961. The second kappa shape index (κ2) is 3.62. The van der Waals surface area contributed by atoms with Crippen LogP contribution in [0.2, 0.25) is 0 Å². The van der Waals surface area contributed by atoms with E-state index in [1.165, 1.54) is 11.5 Å². The van der Waals surface area contributed by atoms with Crippen LogP contribution in [0.1, 0.15) is 25.7 Å². The predicted molar refractivity (Wildman–Crippen MR) is 52.6 cm³/mol. The maximum atomic E-state index is 11.7. The monoisotopic (exact) mass is 212 g/mol. The first-order valence-electron chi connectivity index (χ1n) is 4.57. The van der Waals surface area contributed by atoms with Crippen molar-refractivity contribution in [3.05, 3.63) is 11.1 Å². The van der Waals surface area contributed by atoms with Crippen LogP contribution in [-0.4, -0.2) is 33.0 Å². The van der Waals surface area contributed by atoms with Gasteiger partial charge in [-0.05, 0) is 25.4 Å². The molecular weight excluding hydrogens is 200 g/mol. The topological polar surface area (TPSA) is 58.1 Å². The lowest BCUT2D eigenvalue weighted by Gasteiger charge is -2.20. The molecule has 0 radical (unpaired) electrons. The lowest BCUT2D eigenvalue weighted by atomic mass is 10.3. The van der Waals surface area contributed by atoms with Crippen molar-refractivity contribution in [3.63, 3.8) is 0 Å². The summed E-state index contributed by atoms with van der Waals surface area (Å²) in [5.74, 6) is 0.130. The Balaban J connectivity index is 2.24. The molecule has 1 amide bonds. The van der Waals surface area contributed by atoms with Crippen LogP contribution >= 0.6 is 11.5 Å². The zero-order chi connectivity index (χ0) is 10.1. The number of aromatic nitrogens is 2. The first-order valence-corrected chi connectivity index (χ1v) is 5.41. The van der Waals surface area contributed by atoms with Gasteiger partial charge in [0.2, 0.25) is 5.91 Å². The Labute approximate surface area is 86.3 Å². The number of nitrogens with one attached hydrogen (secondary N) is 1. The van der Waals surface area contributed by atoms with Gasteiger partial charge in [-0.15, -0.1) is 5.10 Å². The molecule has 2 unspecified atom stereocenters. The SMILES string of the molecule is CCN1C(=O)C(C)NC1c1csnn1. The predicted octanol–water partition coefficient (Wildman–Crippen LogP) is 0.377. The molecule has 5 nitrogen and oxygen atoms in total. The summed E-state index contributed by atoms with van der Waals surface area (Å²) in [6, 6.07) is -0.123. The minimum atomic E-state index is -0.123. The smallest absolute Gasteiger partial charge is 0.241 e. The molecule has 0 aromatic carbocycles. The molecule has 1 aliphatic rings. The Morgan fingerprint density at radius 1 is 1.71 bits per heavy atom. The Morgan fingerprint density at radius 2 is 2.50 bits per heavy atom. The van der Waals surface area contributed by atoms with Crippen LogP contribution in [0.5, 0.6) is 0 Å². The first-order chi connectivity index (χ1) is 6.74. The van der Waals surface area contributed by atoms with Gasteiger partial charge in [-0.3, -0.25) is 10.1 Å². The lowest BCUT2D eigenvalue weighted by molar-refractivity contribution is -0.129. The molecule has 1 fully saturated rings. The van der Waals surface area contributed by atoms with Gasteiger partial charge in [-0.1, -0.05) is 4.49 Å². The van der Waals surface area contributed by atoms with E-state index in [0.717, 1.165) is 5.69 Å². The fourth-order valence-corrected chi connectivity index (χ4v) is 2.12. The van der Waals surface area contributed by atoms with Gasteiger partial charge in [0.05, 0.1) is 6.04 Å². The van der Waals surface area contributed by atoms with Crippen LogP contribution in [0.3, 0.4) is 0 Å². The zero-order valence-corrected chi connectivity index (χ0v) is 8.91. The summed E-state index contributed by atoms with van der Waals surface area (Å²) in [4.78, 5) is 13.4. The minimum absolute atomic E-state index is 0.0961. The average Bonchev–Trinajstić information content (AvgIpc) is 2.76. The zero-order valence-electron chi connectivity index (χ0n) is 8.10. The molecule has 0 bridgehead atoms. The molecule has 1 N–H and O–H groups in total. The molecule has 0 saturated carbocycles. The van der Waals surface area contributed by atoms with E-state index in [4.69, 9.17) is 0 Å². The molecule has 2 rings (SSSR count). The summed E-state index contributed by atoms with van der Waals surface area (Å²) in [6.45, 7) is 4.52. The third kappa shape index (κ3) is 1.40. The highest BCUT2D eigenvalue weighted by Crippen LogP contribution is 2.23. The first kappa shape index (κ1) is 9.54. The standard InChI is InChI=1S/C8H12N4OS/c1-3-12-7(6-4-14-11-10-6)9-5(2)8(12)13/h4-5,7,9H,3H2,1-2H3. The molecule has 1 saturated heterocycles. The van der Waals surface area contributed by atoms with Crippen LogP contribution in [0.4, 0.5) is 0 Å². The second-order valence-electron chi connectivity index (χ2n) is 3.24. The largest absolute Gasteiger partial charge is 0.320 e. The summed E-state index contributed by atoms with van der Waals surface area (Å²) >= 11 is 1.30. The van der Waals surface area contributed by atoms with Crippen molar-refractivity contribution < 1.29 is 4.79 Å². The van der Waals surface area contributed by atoms with Gasteiger partial charge in [0, 0.05) is 11.9 Å². The fraction of sp³-hybridized carbons (Fsp3) is 0.625. The van der Waals surface area contributed by atoms with Crippen LogP contribution in [0.15, 0.2) is 5.38 Å². The van der Waals surface area contributed by atoms with Gasteiger partial charge < -0.3 is 4.90 Å². The van der Waals surface area contributed by atoms with E-state index in [1.807, 2.05) is 19.2 Å². The number of likely N-dealkylation sites (N-methyl/N-ethyl adjacent to an activating group) is 1. The highest BCUT2D eigenvalue weighted by Gasteiger charge is 2.37. The molecule has 0 spiro atoms. The Bertz CT molecular complexity index is 326. The highest BCUT2D eigenvalue weighted by molar-refractivity contribution is 7.03. The van der Waals surface area contributed by atoms with Crippen molar-refractivity contribution in [2.75, 3.05) is 6.54 Å². The van der Waals surface area contributed by atoms with Gasteiger partial charge in [-0.2, -0.15) is 0 Å². The maximum absolute atomic E-state index is 11.7. The van der Waals surface area contributed by atoms with Crippen LogP contribution in [0.25, 0.3) is 0 Å². The van der Waals surface area contributed by atoms with Gasteiger partial charge in [-0.25, -0.2) is 0 Å². The van der Waals surface area contributed by atoms with Crippen molar-refractivity contribution in [1.82, 2.24) is 19.8 Å². The van der Waals surface area contributed by atoms with Gasteiger partial charge >= 0.3 is 0 Å². The van der Waals surface area contributed by atoms with Crippen molar-refractivity contribution in [2.45, 2.75) is 26.1 Å². The third-order valence-electron chi connectivity index (χ3n) is 2.37. The molecule has 1 aromatic heterocycles. The maximum Gasteiger partial charge on any atom is 0.241 e. The average molecular weight is 212 g/mol. The van der Waals surface area contributed by atoms with E-state index in [9.17, 15) is 4.79 Å². The minimum Gasteiger partial charge on any atom is -0.320 e. The Morgan fingerprint density at radius 3 is 3.07 bits per heavy atom. The highest BCUT2D eigenvalue weighted by atomic mass is 32.1. The normalized spacial score (nSPS) is 27.3.